The highest BCUT2D eigenvalue weighted by Gasteiger charge is 2.18. The van der Waals surface area contributed by atoms with Crippen LogP contribution in [0.25, 0.3) is 10.9 Å². The van der Waals surface area contributed by atoms with Crippen LogP contribution in [0, 0.1) is 6.92 Å². The number of fused-ring (bicyclic) bond motifs is 1. The standard InChI is InChI=1S/C18H20N4O3/c1-12-9-17(21-25-12)22(13(2)23)11-18(24)19-8-7-14-10-20-16-6-4-3-5-15(14)16/h3-6,9-10,20H,7-8,11H2,1-2H3,(H,19,24). The molecule has 1 aromatic carbocycles. The first-order valence-corrected chi connectivity index (χ1v) is 8.07. The molecular formula is C18H20N4O3. The van der Waals surface area contributed by atoms with Gasteiger partial charge >= 0.3 is 0 Å². The van der Waals surface area contributed by atoms with E-state index < -0.39 is 0 Å². The van der Waals surface area contributed by atoms with E-state index in [1.807, 2.05) is 30.5 Å². The van der Waals surface area contributed by atoms with Gasteiger partial charge in [-0.3, -0.25) is 14.5 Å². The summed E-state index contributed by atoms with van der Waals surface area (Å²) in [6.45, 7) is 3.53. The van der Waals surface area contributed by atoms with Gasteiger partial charge < -0.3 is 14.8 Å². The van der Waals surface area contributed by atoms with Crippen molar-refractivity contribution < 1.29 is 14.1 Å². The Kier molecular flexibility index (Phi) is 4.83. The van der Waals surface area contributed by atoms with E-state index in [4.69, 9.17) is 4.52 Å². The van der Waals surface area contributed by atoms with E-state index >= 15 is 0 Å². The zero-order valence-corrected chi connectivity index (χ0v) is 14.2. The summed E-state index contributed by atoms with van der Waals surface area (Å²) in [6.07, 6.45) is 2.66. The van der Waals surface area contributed by atoms with Gasteiger partial charge in [-0.1, -0.05) is 23.4 Å². The summed E-state index contributed by atoms with van der Waals surface area (Å²) in [7, 11) is 0. The fourth-order valence-electron chi connectivity index (χ4n) is 2.71. The topological polar surface area (TPSA) is 91.2 Å². The monoisotopic (exact) mass is 340 g/mol. The number of carbonyl (C=O) groups is 2. The number of nitrogens with one attached hydrogen (secondary N) is 2. The van der Waals surface area contributed by atoms with Crippen LogP contribution < -0.4 is 10.2 Å². The predicted molar refractivity (Wildman–Crippen MR) is 94.3 cm³/mol. The van der Waals surface area contributed by atoms with E-state index in [1.165, 1.54) is 11.8 Å². The molecule has 0 saturated carbocycles. The van der Waals surface area contributed by atoms with Crippen LogP contribution in [0.4, 0.5) is 5.82 Å². The van der Waals surface area contributed by atoms with Crippen LogP contribution >= 0.6 is 0 Å². The summed E-state index contributed by atoms with van der Waals surface area (Å²) >= 11 is 0. The van der Waals surface area contributed by atoms with Crippen molar-refractivity contribution in [1.29, 1.82) is 0 Å². The largest absolute Gasteiger partial charge is 0.361 e. The molecule has 0 radical (unpaired) electrons. The zero-order chi connectivity index (χ0) is 17.8. The molecule has 0 saturated heterocycles. The Bertz CT molecular complexity index is 897. The summed E-state index contributed by atoms with van der Waals surface area (Å²) in [4.78, 5) is 28.4. The molecule has 3 rings (SSSR count). The highest BCUT2D eigenvalue weighted by Crippen LogP contribution is 2.17. The van der Waals surface area contributed by atoms with Gasteiger partial charge in [-0.15, -0.1) is 0 Å². The molecule has 3 aromatic rings. The number of amides is 2. The number of nitrogens with zero attached hydrogens (tertiary/aromatic N) is 2. The second kappa shape index (κ2) is 7.21. The second-order valence-corrected chi connectivity index (χ2v) is 5.86. The maximum atomic E-state index is 12.2. The van der Waals surface area contributed by atoms with Gasteiger partial charge in [-0.05, 0) is 25.0 Å². The van der Waals surface area contributed by atoms with Crippen LogP contribution in [-0.2, 0) is 16.0 Å². The summed E-state index contributed by atoms with van der Waals surface area (Å²) in [6, 6.07) is 9.66. The molecule has 7 nitrogen and oxygen atoms in total. The summed E-state index contributed by atoms with van der Waals surface area (Å²) in [5.74, 6) is 0.425. The quantitative estimate of drug-likeness (QED) is 0.719. The van der Waals surface area contributed by atoms with Crippen LogP contribution in [0.3, 0.4) is 0 Å². The van der Waals surface area contributed by atoms with Gasteiger partial charge in [0.25, 0.3) is 0 Å². The SMILES string of the molecule is CC(=O)N(CC(=O)NCCc1c[nH]c2ccccc12)c1cc(C)on1. The van der Waals surface area contributed by atoms with Gasteiger partial charge in [0.05, 0.1) is 0 Å². The molecular weight excluding hydrogens is 320 g/mol. The lowest BCUT2D eigenvalue weighted by molar-refractivity contribution is -0.123. The first-order chi connectivity index (χ1) is 12.0. The van der Waals surface area contributed by atoms with E-state index in [1.54, 1.807) is 13.0 Å². The van der Waals surface area contributed by atoms with E-state index in [2.05, 4.69) is 15.5 Å². The summed E-state index contributed by atoms with van der Waals surface area (Å²) in [5.41, 5.74) is 2.22. The van der Waals surface area contributed by atoms with E-state index in [0.717, 1.165) is 16.5 Å². The first-order valence-electron chi connectivity index (χ1n) is 8.07. The van der Waals surface area contributed by atoms with Gasteiger partial charge in [0, 0.05) is 36.6 Å². The molecule has 25 heavy (non-hydrogen) atoms. The molecule has 0 unspecified atom stereocenters. The molecule has 2 N–H and O–H groups in total. The summed E-state index contributed by atoms with van der Waals surface area (Å²) < 4.78 is 4.97. The lowest BCUT2D eigenvalue weighted by Crippen LogP contribution is -2.40. The summed E-state index contributed by atoms with van der Waals surface area (Å²) in [5, 5.41) is 7.79. The van der Waals surface area contributed by atoms with Crippen molar-refractivity contribution in [2.75, 3.05) is 18.0 Å². The third-order valence-electron chi connectivity index (χ3n) is 3.97. The van der Waals surface area contributed by atoms with Gasteiger partial charge in [-0.25, -0.2) is 0 Å². The van der Waals surface area contributed by atoms with Crippen molar-refractivity contribution in [3.8, 4) is 0 Å². The van der Waals surface area contributed by atoms with Gasteiger partial charge in [0.15, 0.2) is 5.82 Å². The average molecular weight is 340 g/mol. The van der Waals surface area contributed by atoms with E-state index in [-0.39, 0.29) is 18.4 Å². The van der Waals surface area contributed by atoms with Crippen molar-refractivity contribution in [2.45, 2.75) is 20.3 Å². The molecule has 0 aliphatic heterocycles. The number of H-pyrrole nitrogens is 1. The van der Waals surface area contributed by atoms with Crippen LogP contribution in [-0.4, -0.2) is 35.0 Å². The molecule has 130 valence electrons. The number of hydrogen-bond acceptors (Lipinski definition) is 4. The van der Waals surface area contributed by atoms with Gasteiger partial charge in [0.1, 0.15) is 12.3 Å². The smallest absolute Gasteiger partial charge is 0.240 e. The number of para-hydroxylation sites is 1. The minimum absolute atomic E-state index is 0.0881. The van der Waals surface area contributed by atoms with Crippen molar-refractivity contribution >= 4 is 28.5 Å². The Morgan fingerprint density at radius 2 is 2.12 bits per heavy atom. The molecule has 2 aromatic heterocycles. The van der Waals surface area contributed by atoms with Crippen molar-refractivity contribution in [3.05, 3.63) is 47.9 Å². The predicted octanol–water partition coefficient (Wildman–Crippen LogP) is 2.18. The molecule has 2 amide bonds. The van der Waals surface area contributed by atoms with Crippen LogP contribution in [0.1, 0.15) is 18.2 Å². The maximum absolute atomic E-state index is 12.2. The number of hydrogen-bond donors (Lipinski definition) is 2. The van der Waals surface area contributed by atoms with Gasteiger partial charge in [-0.2, -0.15) is 0 Å². The number of aryl methyl sites for hydroxylation is 1. The lowest BCUT2D eigenvalue weighted by Gasteiger charge is -2.17. The fraction of sp³-hybridized carbons (Fsp3) is 0.278. The van der Waals surface area contributed by atoms with Crippen molar-refractivity contribution in [3.63, 3.8) is 0 Å². The number of anilines is 1. The highest BCUT2D eigenvalue weighted by molar-refractivity contribution is 5.96. The fourth-order valence-corrected chi connectivity index (χ4v) is 2.71. The van der Waals surface area contributed by atoms with Gasteiger partial charge in [0.2, 0.25) is 11.8 Å². The molecule has 0 aliphatic carbocycles. The van der Waals surface area contributed by atoms with Crippen LogP contribution in [0.15, 0.2) is 41.1 Å². The number of aromatic nitrogens is 2. The molecule has 2 heterocycles. The minimum Gasteiger partial charge on any atom is -0.361 e. The lowest BCUT2D eigenvalue weighted by atomic mass is 10.1. The molecule has 0 atom stereocenters. The minimum atomic E-state index is -0.264. The zero-order valence-electron chi connectivity index (χ0n) is 14.2. The third kappa shape index (κ3) is 3.88. The van der Waals surface area contributed by atoms with E-state index in [0.29, 0.717) is 24.5 Å². The Labute approximate surface area is 145 Å². The van der Waals surface area contributed by atoms with Crippen molar-refractivity contribution in [2.24, 2.45) is 0 Å². The number of rotatable bonds is 6. The molecule has 0 fully saturated rings. The average Bonchev–Trinajstić information content (AvgIpc) is 3.19. The number of carbonyl (C=O) groups excluding carboxylic acids is 2. The molecule has 0 aliphatic rings. The Balaban J connectivity index is 1.56. The number of aromatic amines is 1. The Morgan fingerprint density at radius 1 is 1.32 bits per heavy atom. The maximum Gasteiger partial charge on any atom is 0.240 e. The highest BCUT2D eigenvalue weighted by atomic mass is 16.5. The molecule has 0 spiro atoms. The first kappa shape index (κ1) is 16.8. The van der Waals surface area contributed by atoms with E-state index in [9.17, 15) is 9.59 Å². The molecule has 0 bridgehead atoms. The van der Waals surface area contributed by atoms with Crippen LogP contribution in [0.2, 0.25) is 0 Å². The molecule has 7 heteroatoms. The van der Waals surface area contributed by atoms with Crippen LogP contribution in [0.5, 0.6) is 0 Å². The normalized spacial score (nSPS) is 10.8. The Hall–Kier alpha value is -3.09. The van der Waals surface area contributed by atoms with Crippen molar-refractivity contribution in [1.82, 2.24) is 15.5 Å². The second-order valence-electron chi connectivity index (χ2n) is 5.86. The third-order valence-corrected chi connectivity index (χ3v) is 3.97. The Morgan fingerprint density at radius 3 is 2.84 bits per heavy atom. The number of benzene rings is 1.